The fraction of sp³-hybridized carbons (Fsp3) is 0.647. The third kappa shape index (κ3) is 4.03. The zero-order valence-electron chi connectivity index (χ0n) is 14.6. The second-order valence-electron chi connectivity index (χ2n) is 6.43. The van der Waals surface area contributed by atoms with Crippen LogP contribution in [-0.4, -0.2) is 59.8 Å². The highest BCUT2D eigenvalue weighted by molar-refractivity contribution is 5.86. The standard InChI is InChI=1S/C17H27N3O4/c1-12-9-19-14(13(2)15(12)21)10-18-11-17(23)5-4-6-20(16(17)22)7-8-24-3/h9,18,23H,4-8,10-11H2,1-3H3,(H,19,21). The molecule has 0 bridgehead atoms. The van der Waals surface area contributed by atoms with Crippen molar-refractivity contribution in [2.45, 2.75) is 38.8 Å². The average molecular weight is 337 g/mol. The molecule has 0 radical (unpaired) electrons. The molecule has 0 spiro atoms. The van der Waals surface area contributed by atoms with E-state index in [0.717, 1.165) is 12.1 Å². The average Bonchev–Trinajstić information content (AvgIpc) is 2.56. The van der Waals surface area contributed by atoms with Gasteiger partial charge in [0.25, 0.3) is 5.91 Å². The lowest BCUT2D eigenvalue weighted by Crippen LogP contribution is -2.58. The van der Waals surface area contributed by atoms with Gasteiger partial charge in [0.1, 0.15) is 0 Å². The number of carbonyl (C=O) groups is 1. The molecule has 3 N–H and O–H groups in total. The number of aryl methyl sites for hydroxylation is 1. The van der Waals surface area contributed by atoms with Crippen LogP contribution in [0.25, 0.3) is 0 Å². The number of methoxy groups -OCH3 is 1. The van der Waals surface area contributed by atoms with E-state index in [1.54, 1.807) is 32.1 Å². The number of H-pyrrole nitrogens is 1. The SMILES string of the molecule is COCCN1CCCC(O)(CNCc2[nH]cc(C)c(=O)c2C)C1=O. The van der Waals surface area contributed by atoms with Gasteiger partial charge in [0, 0.05) is 56.3 Å². The molecule has 1 aromatic rings. The number of aromatic nitrogens is 1. The van der Waals surface area contributed by atoms with E-state index in [1.807, 2.05) is 0 Å². The maximum atomic E-state index is 12.5. The van der Waals surface area contributed by atoms with Crippen LogP contribution in [0.2, 0.25) is 0 Å². The molecule has 1 fully saturated rings. The van der Waals surface area contributed by atoms with Gasteiger partial charge in [0.15, 0.2) is 11.0 Å². The Labute approximate surface area is 142 Å². The highest BCUT2D eigenvalue weighted by Gasteiger charge is 2.41. The molecule has 1 aliphatic rings. The summed E-state index contributed by atoms with van der Waals surface area (Å²) in [5.41, 5.74) is 0.722. The van der Waals surface area contributed by atoms with Crippen molar-refractivity contribution in [1.82, 2.24) is 15.2 Å². The minimum Gasteiger partial charge on any atom is -0.383 e. The monoisotopic (exact) mass is 337 g/mol. The predicted molar refractivity (Wildman–Crippen MR) is 90.9 cm³/mol. The van der Waals surface area contributed by atoms with E-state index in [-0.39, 0.29) is 17.9 Å². The number of rotatable bonds is 7. The summed E-state index contributed by atoms with van der Waals surface area (Å²) in [4.78, 5) is 29.2. The van der Waals surface area contributed by atoms with Crippen molar-refractivity contribution >= 4 is 5.91 Å². The molecule has 1 unspecified atom stereocenters. The highest BCUT2D eigenvalue weighted by atomic mass is 16.5. The molecular weight excluding hydrogens is 310 g/mol. The van der Waals surface area contributed by atoms with E-state index in [1.165, 1.54) is 0 Å². The van der Waals surface area contributed by atoms with Crippen molar-refractivity contribution in [3.63, 3.8) is 0 Å². The molecule has 2 rings (SSSR count). The molecule has 7 nitrogen and oxygen atoms in total. The van der Waals surface area contributed by atoms with Gasteiger partial charge in [-0.2, -0.15) is 0 Å². The minimum absolute atomic E-state index is 0.0174. The van der Waals surface area contributed by atoms with Gasteiger partial charge in [-0.1, -0.05) is 0 Å². The van der Waals surface area contributed by atoms with Crippen LogP contribution >= 0.6 is 0 Å². The Morgan fingerprint density at radius 2 is 2.17 bits per heavy atom. The first kappa shape index (κ1) is 18.6. The second-order valence-corrected chi connectivity index (χ2v) is 6.43. The fourth-order valence-electron chi connectivity index (χ4n) is 3.02. The van der Waals surface area contributed by atoms with Crippen LogP contribution < -0.4 is 10.7 Å². The molecule has 1 amide bonds. The number of nitrogens with zero attached hydrogens (tertiary/aromatic N) is 1. The Balaban J connectivity index is 1.96. The van der Waals surface area contributed by atoms with E-state index >= 15 is 0 Å². The minimum atomic E-state index is -1.40. The fourth-order valence-corrected chi connectivity index (χ4v) is 3.02. The summed E-state index contributed by atoms with van der Waals surface area (Å²) < 4.78 is 5.01. The lowest BCUT2D eigenvalue weighted by atomic mass is 9.91. The molecule has 2 heterocycles. The third-order valence-corrected chi connectivity index (χ3v) is 4.60. The molecule has 0 aliphatic carbocycles. The van der Waals surface area contributed by atoms with Gasteiger partial charge in [0.05, 0.1) is 6.61 Å². The number of pyridine rings is 1. The normalized spacial score (nSPS) is 21.3. The largest absolute Gasteiger partial charge is 0.383 e. The van der Waals surface area contributed by atoms with Crippen molar-refractivity contribution in [2.75, 3.05) is 33.4 Å². The summed E-state index contributed by atoms with van der Waals surface area (Å²) in [6.45, 7) is 5.69. The Hall–Kier alpha value is -1.70. The van der Waals surface area contributed by atoms with Crippen LogP contribution in [0.5, 0.6) is 0 Å². The van der Waals surface area contributed by atoms with Crippen molar-refractivity contribution in [3.05, 3.63) is 33.2 Å². The topological polar surface area (TPSA) is 94.7 Å². The Kier molecular flexibility index (Phi) is 6.15. The number of piperidine rings is 1. The maximum Gasteiger partial charge on any atom is 0.255 e. The summed E-state index contributed by atoms with van der Waals surface area (Å²) in [6.07, 6.45) is 2.87. The molecule has 0 aromatic carbocycles. The summed E-state index contributed by atoms with van der Waals surface area (Å²) in [7, 11) is 1.59. The molecule has 1 aliphatic heterocycles. The summed E-state index contributed by atoms with van der Waals surface area (Å²) in [5.74, 6) is -0.257. The predicted octanol–water partition coefficient (Wildman–Crippen LogP) is 0.0812. The van der Waals surface area contributed by atoms with Gasteiger partial charge in [-0.15, -0.1) is 0 Å². The van der Waals surface area contributed by atoms with Crippen LogP contribution in [0.4, 0.5) is 0 Å². The molecule has 1 saturated heterocycles. The Bertz CT molecular complexity index is 643. The number of ether oxygens (including phenoxy) is 1. The first-order chi connectivity index (χ1) is 11.4. The van der Waals surface area contributed by atoms with Crippen LogP contribution in [0, 0.1) is 13.8 Å². The summed E-state index contributed by atoms with van der Waals surface area (Å²) in [6, 6.07) is 0. The van der Waals surface area contributed by atoms with Crippen LogP contribution in [0.15, 0.2) is 11.0 Å². The molecule has 1 atom stereocenters. The second kappa shape index (κ2) is 7.92. The smallest absolute Gasteiger partial charge is 0.255 e. The van der Waals surface area contributed by atoms with E-state index in [0.29, 0.717) is 43.8 Å². The number of aromatic amines is 1. The first-order valence-corrected chi connectivity index (χ1v) is 8.28. The number of hydrogen-bond acceptors (Lipinski definition) is 5. The van der Waals surface area contributed by atoms with Gasteiger partial charge in [-0.05, 0) is 26.7 Å². The van der Waals surface area contributed by atoms with Crippen molar-refractivity contribution < 1.29 is 14.6 Å². The quantitative estimate of drug-likeness (QED) is 0.655. The van der Waals surface area contributed by atoms with Gasteiger partial charge in [0.2, 0.25) is 0 Å². The lowest BCUT2D eigenvalue weighted by molar-refractivity contribution is -0.157. The van der Waals surface area contributed by atoms with E-state index in [4.69, 9.17) is 4.74 Å². The van der Waals surface area contributed by atoms with Crippen LogP contribution in [0.3, 0.4) is 0 Å². The number of carbonyl (C=O) groups excluding carboxylic acids is 1. The molecule has 7 heteroatoms. The van der Waals surface area contributed by atoms with E-state index in [2.05, 4.69) is 10.3 Å². The molecule has 0 saturated carbocycles. The van der Waals surface area contributed by atoms with Gasteiger partial charge < -0.3 is 25.0 Å². The van der Waals surface area contributed by atoms with Crippen LogP contribution in [0.1, 0.15) is 29.7 Å². The highest BCUT2D eigenvalue weighted by Crippen LogP contribution is 2.22. The number of aliphatic hydroxyl groups is 1. The number of nitrogens with one attached hydrogen (secondary N) is 2. The molecular formula is C17H27N3O4. The van der Waals surface area contributed by atoms with Gasteiger partial charge in [-0.3, -0.25) is 9.59 Å². The zero-order chi connectivity index (χ0) is 17.7. The summed E-state index contributed by atoms with van der Waals surface area (Å²) >= 11 is 0. The van der Waals surface area contributed by atoms with Crippen molar-refractivity contribution in [2.24, 2.45) is 0 Å². The van der Waals surface area contributed by atoms with E-state index < -0.39 is 5.60 Å². The Morgan fingerprint density at radius 3 is 2.88 bits per heavy atom. The van der Waals surface area contributed by atoms with E-state index in [9.17, 15) is 14.7 Å². The lowest BCUT2D eigenvalue weighted by Gasteiger charge is -2.38. The van der Waals surface area contributed by atoms with Gasteiger partial charge in [-0.25, -0.2) is 0 Å². The summed E-state index contributed by atoms with van der Waals surface area (Å²) in [5, 5.41) is 13.8. The molecule has 1 aromatic heterocycles. The Morgan fingerprint density at radius 1 is 1.42 bits per heavy atom. The molecule has 24 heavy (non-hydrogen) atoms. The number of hydrogen-bond donors (Lipinski definition) is 3. The number of amides is 1. The van der Waals surface area contributed by atoms with Crippen molar-refractivity contribution in [1.29, 1.82) is 0 Å². The first-order valence-electron chi connectivity index (χ1n) is 8.28. The van der Waals surface area contributed by atoms with Crippen molar-refractivity contribution in [3.8, 4) is 0 Å². The number of likely N-dealkylation sites (tertiary alicyclic amines) is 1. The zero-order valence-corrected chi connectivity index (χ0v) is 14.6. The molecule has 134 valence electrons. The third-order valence-electron chi connectivity index (χ3n) is 4.60. The van der Waals surface area contributed by atoms with Crippen LogP contribution in [-0.2, 0) is 16.1 Å². The van der Waals surface area contributed by atoms with Gasteiger partial charge >= 0.3 is 0 Å². The maximum absolute atomic E-state index is 12.5.